The topological polar surface area (TPSA) is 44.5 Å². The SMILES string of the molecule is NC1CC2CC1CC21OCCO1. The highest BCUT2D eigenvalue weighted by molar-refractivity contribution is 5.03. The van der Waals surface area contributed by atoms with E-state index in [1.165, 1.54) is 6.42 Å². The van der Waals surface area contributed by atoms with Gasteiger partial charge >= 0.3 is 0 Å². The van der Waals surface area contributed by atoms with Gasteiger partial charge in [-0.2, -0.15) is 0 Å². The van der Waals surface area contributed by atoms with Crippen molar-refractivity contribution >= 4 is 0 Å². The lowest BCUT2D eigenvalue weighted by atomic mass is 9.91. The molecule has 2 saturated carbocycles. The Labute approximate surface area is 72.2 Å². The molecular weight excluding hydrogens is 154 g/mol. The normalized spacial score (nSPS) is 49.2. The maximum atomic E-state index is 5.96. The molecule has 3 heteroatoms. The molecule has 1 spiro atoms. The van der Waals surface area contributed by atoms with Crippen LogP contribution in [-0.4, -0.2) is 25.0 Å². The molecule has 3 nitrogen and oxygen atoms in total. The van der Waals surface area contributed by atoms with Crippen molar-refractivity contribution in [3.63, 3.8) is 0 Å². The van der Waals surface area contributed by atoms with Crippen molar-refractivity contribution in [3.8, 4) is 0 Å². The minimum atomic E-state index is -0.194. The van der Waals surface area contributed by atoms with Crippen molar-refractivity contribution in [2.24, 2.45) is 17.6 Å². The molecule has 1 aliphatic heterocycles. The third-order valence-corrected chi connectivity index (χ3v) is 3.69. The van der Waals surface area contributed by atoms with Crippen LogP contribution < -0.4 is 5.73 Å². The fourth-order valence-electron chi connectivity index (χ4n) is 3.11. The minimum Gasteiger partial charge on any atom is -0.347 e. The fourth-order valence-corrected chi connectivity index (χ4v) is 3.11. The molecule has 68 valence electrons. The Bertz CT molecular complexity index is 199. The monoisotopic (exact) mass is 169 g/mol. The van der Waals surface area contributed by atoms with Gasteiger partial charge in [0.05, 0.1) is 13.2 Å². The molecular formula is C9H15NO2. The molecule has 3 aliphatic rings. The third-order valence-electron chi connectivity index (χ3n) is 3.69. The molecule has 0 aromatic carbocycles. The largest absolute Gasteiger partial charge is 0.347 e. The van der Waals surface area contributed by atoms with E-state index in [-0.39, 0.29) is 5.79 Å². The van der Waals surface area contributed by atoms with E-state index in [2.05, 4.69) is 0 Å². The Morgan fingerprint density at radius 3 is 2.42 bits per heavy atom. The molecule has 3 rings (SSSR count). The molecule has 2 aliphatic carbocycles. The van der Waals surface area contributed by atoms with Crippen LogP contribution >= 0.6 is 0 Å². The first-order valence-electron chi connectivity index (χ1n) is 4.84. The van der Waals surface area contributed by atoms with Crippen molar-refractivity contribution < 1.29 is 9.47 Å². The molecule has 0 radical (unpaired) electrons. The van der Waals surface area contributed by atoms with Crippen LogP contribution in [0.3, 0.4) is 0 Å². The van der Waals surface area contributed by atoms with E-state index in [1.54, 1.807) is 0 Å². The Balaban J connectivity index is 1.85. The van der Waals surface area contributed by atoms with E-state index in [0.29, 0.717) is 17.9 Å². The number of hydrogen-bond acceptors (Lipinski definition) is 3. The molecule has 3 fully saturated rings. The van der Waals surface area contributed by atoms with Gasteiger partial charge in [-0.1, -0.05) is 0 Å². The minimum absolute atomic E-state index is 0.194. The van der Waals surface area contributed by atoms with Crippen LogP contribution in [0.1, 0.15) is 19.3 Å². The second-order valence-electron chi connectivity index (χ2n) is 4.31. The smallest absolute Gasteiger partial charge is 0.171 e. The predicted molar refractivity (Wildman–Crippen MR) is 43.4 cm³/mol. The second kappa shape index (κ2) is 2.22. The first-order valence-corrected chi connectivity index (χ1v) is 4.84. The molecule has 12 heavy (non-hydrogen) atoms. The number of hydrogen-bond donors (Lipinski definition) is 1. The Morgan fingerprint density at radius 1 is 1.17 bits per heavy atom. The maximum Gasteiger partial charge on any atom is 0.171 e. The highest BCUT2D eigenvalue weighted by atomic mass is 16.7. The number of nitrogens with two attached hydrogens (primary N) is 1. The zero-order valence-electron chi connectivity index (χ0n) is 7.16. The molecule has 3 atom stereocenters. The molecule has 1 saturated heterocycles. The average molecular weight is 169 g/mol. The highest BCUT2D eigenvalue weighted by Gasteiger charge is 2.57. The van der Waals surface area contributed by atoms with E-state index in [9.17, 15) is 0 Å². The van der Waals surface area contributed by atoms with Crippen LogP contribution in [0.15, 0.2) is 0 Å². The lowest BCUT2D eigenvalue weighted by molar-refractivity contribution is -0.191. The number of ether oxygens (including phenoxy) is 2. The van der Waals surface area contributed by atoms with E-state index >= 15 is 0 Å². The lowest BCUT2D eigenvalue weighted by Gasteiger charge is -2.33. The molecule has 3 unspecified atom stereocenters. The van der Waals surface area contributed by atoms with E-state index in [0.717, 1.165) is 26.1 Å². The Morgan fingerprint density at radius 2 is 1.92 bits per heavy atom. The molecule has 0 aromatic heterocycles. The summed E-state index contributed by atoms with van der Waals surface area (Å²) in [5, 5.41) is 0. The Kier molecular flexibility index (Phi) is 1.35. The van der Waals surface area contributed by atoms with Crippen LogP contribution in [0.5, 0.6) is 0 Å². The first kappa shape index (κ1) is 7.30. The van der Waals surface area contributed by atoms with Gasteiger partial charge in [0, 0.05) is 18.4 Å². The van der Waals surface area contributed by atoms with Gasteiger partial charge in [-0.3, -0.25) is 0 Å². The predicted octanol–water partition coefficient (Wildman–Crippen LogP) is 0.487. The summed E-state index contributed by atoms with van der Waals surface area (Å²) in [6, 6.07) is 0.411. The van der Waals surface area contributed by atoms with Crippen LogP contribution in [0, 0.1) is 11.8 Å². The average Bonchev–Trinajstić information content (AvgIpc) is 2.68. The number of fused-ring (bicyclic) bond motifs is 3. The summed E-state index contributed by atoms with van der Waals surface area (Å²) < 4.78 is 11.4. The van der Waals surface area contributed by atoms with Crippen molar-refractivity contribution in [1.29, 1.82) is 0 Å². The molecule has 0 aromatic rings. The summed E-state index contributed by atoms with van der Waals surface area (Å²) in [7, 11) is 0. The van der Waals surface area contributed by atoms with Gasteiger partial charge in [0.2, 0.25) is 0 Å². The van der Waals surface area contributed by atoms with Gasteiger partial charge in [-0.05, 0) is 18.8 Å². The molecule has 1 heterocycles. The Hall–Kier alpha value is -0.120. The van der Waals surface area contributed by atoms with Crippen LogP contribution in [0.2, 0.25) is 0 Å². The zero-order chi connectivity index (χ0) is 8.18. The molecule has 2 N–H and O–H groups in total. The maximum absolute atomic E-state index is 5.96. The summed E-state index contributed by atoms with van der Waals surface area (Å²) in [5.74, 6) is 1.05. The molecule has 2 bridgehead atoms. The second-order valence-corrected chi connectivity index (χ2v) is 4.31. The van der Waals surface area contributed by atoms with Gasteiger partial charge in [-0.15, -0.1) is 0 Å². The van der Waals surface area contributed by atoms with Crippen molar-refractivity contribution in [2.75, 3.05) is 13.2 Å². The zero-order valence-corrected chi connectivity index (χ0v) is 7.16. The summed E-state index contributed by atoms with van der Waals surface area (Å²) in [4.78, 5) is 0. The van der Waals surface area contributed by atoms with Crippen molar-refractivity contribution in [3.05, 3.63) is 0 Å². The van der Waals surface area contributed by atoms with Gasteiger partial charge in [-0.25, -0.2) is 0 Å². The van der Waals surface area contributed by atoms with Crippen LogP contribution in [-0.2, 0) is 9.47 Å². The van der Waals surface area contributed by atoms with Gasteiger partial charge in [0.15, 0.2) is 5.79 Å². The van der Waals surface area contributed by atoms with Crippen molar-refractivity contribution in [1.82, 2.24) is 0 Å². The quantitative estimate of drug-likeness (QED) is 0.574. The summed E-state index contributed by atoms with van der Waals surface area (Å²) in [6.45, 7) is 1.55. The van der Waals surface area contributed by atoms with E-state index in [1.807, 2.05) is 0 Å². The third kappa shape index (κ3) is 0.767. The summed E-state index contributed by atoms with van der Waals surface area (Å²) in [5.41, 5.74) is 5.96. The van der Waals surface area contributed by atoms with E-state index < -0.39 is 0 Å². The summed E-state index contributed by atoms with van der Waals surface area (Å²) in [6.07, 6.45) is 3.37. The standard InChI is InChI=1S/C9H15NO2/c10-8-4-7-3-6(8)5-9(7)11-1-2-12-9/h6-8H,1-5,10H2. The van der Waals surface area contributed by atoms with Gasteiger partial charge in [0.25, 0.3) is 0 Å². The fraction of sp³-hybridized carbons (Fsp3) is 1.00. The van der Waals surface area contributed by atoms with E-state index in [4.69, 9.17) is 15.2 Å². The molecule has 0 amide bonds. The van der Waals surface area contributed by atoms with Crippen molar-refractivity contribution in [2.45, 2.75) is 31.1 Å². The number of rotatable bonds is 0. The highest BCUT2D eigenvalue weighted by Crippen LogP contribution is 2.53. The van der Waals surface area contributed by atoms with Gasteiger partial charge < -0.3 is 15.2 Å². The van der Waals surface area contributed by atoms with Gasteiger partial charge in [0.1, 0.15) is 0 Å². The first-order chi connectivity index (χ1) is 5.80. The van der Waals surface area contributed by atoms with Crippen LogP contribution in [0.25, 0.3) is 0 Å². The lowest BCUT2D eigenvalue weighted by Crippen LogP contribution is -2.42. The summed E-state index contributed by atoms with van der Waals surface area (Å²) >= 11 is 0. The van der Waals surface area contributed by atoms with Crippen LogP contribution in [0.4, 0.5) is 0 Å².